The second-order valence-electron chi connectivity index (χ2n) is 4.76. The Kier molecular flexibility index (Phi) is 4.52. The Labute approximate surface area is 118 Å². The molecular formula is C15H19NO4. The Balaban J connectivity index is 2.48. The number of amides is 1. The van der Waals surface area contributed by atoms with Gasteiger partial charge in [-0.15, -0.1) is 0 Å². The van der Waals surface area contributed by atoms with Crippen LogP contribution in [0.2, 0.25) is 0 Å². The summed E-state index contributed by atoms with van der Waals surface area (Å²) < 4.78 is 10.8. The lowest BCUT2D eigenvalue weighted by Crippen LogP contribution is -2.60. The molecule has 2 rings (SSSR count). The van der Waals surface area contributed by atoms with E-state index in [0.717, 1.165) is 6.42 Å². The third-order valence-electron chi connectivity index (χ3n) is 3.70. The predicted octanol–water partition coefficient (Wildman–Crippen LogP) is 1.18. The van der Waals surface area contributed by atoms with Crippen LogP contribution >= 0.6 is 0 Å². The van der Waals surface area contributed by atoms with Crippen molar-refractivity contribution in [2.75, 3.05) is 20.8 Å². The number of nitrogens with one attached hydrogen (secondary N) is 1. The Hall–Kier alpha value is -1.72. The summed E-state index contributed by atoms with van der Waals surface area (Å²) in [6, 6.07) is 8.68. The Morgan fingerprint density at radius 1 is 1.30 bits per heavy atom. The van der Waals surface area contributed by atoms with E-state index < -0.39 is 17.6 Å². The first-order valence-electron chi connectivity index (χ1n) is 6.63. The molecule has 2 atom stereocenters. The van der Waals surface area contributed by atoms with Gasteiger partial charge in [0.2, 0.25) is 11.4 Å². The number of rotatable bonds is 4. The van der Waals surface area contributed by atoms with Gasteiger partial charge < -0.3 is 14.8 Å². The van der Waals surface area contributed by atoms with Gasteiger partial charge in [-0.3, -0.25) is 9.59 Å². The number of carbonyl (C=O) groups excluding carboxylic acids is 2. The van der Waals surface area contributed by atoms with Gasteiger partial charge in [0.15, 0.2) is 0 Å². The maximum atomic E-state index is 12.8. The molecule has 5 nitrogen and oxygen atoms in total. The highest BCUT2D eigenvalue weighted by atomic mass is 16.5. The van der Waals surface area contributed by atoms with Crippen molar-refractivity contribution in [3.05, 3.63) is 35.9 Å². The van der Waals surface area contributed by atoms with Gasteiger partial charge in [0.25, 0.3) is 5.91 Å². The number of hydrogen-bond donors (Lipinski definition) is 1. The fourth-order valence-electron chi connectivity index (χ4n) is 2.62. The van der Waals surface area contributed by atoms with Gasteiger partial charge in [0.1, 0.15) is 6.10 Å². The van der Waals surface area contributed by atoms with Crippen molar-refractivity contribution in [3.63, 3.8) is 0 Å². The first-order chi connectivity index (χ1) is 9.66. The summed E-state index contributed by atoms with van der Waals surface area (Å²) in [7, 11) is 2.87. The van der Waals surface area contributed by atoms with Crippen LogP contribution in [-0.4, -0.2) is 44.2 Å². The van der Waals surface area contributed by atoms with Crippen LogP contribution in [-0.2, 0) is 14.3 Å². The molecule has 108 valence electrons. The van der Waals surface area contributed by atoms with E-state index in [9.17, 15) is 9.59 Å². The Bertz CT molecular complexity index is 488. The molecule has 1 saturated heterocycles. The lowest BCUT2D eigenvalue weighted by molar-refractivity contribution is -0.151. The molecule has 1 N–H and O–H groups in total. The maximum absolute atomic E-state index is 12.8. The molecule has 1 aliphatic heterocycles. The molecule has 1 heterocycles. The molecule has 0 aromatic heterocycles. The van der Waals surface area contributed by atoms with Crippen molar-refractivity contribution in [3.8, 4) is 0 Å². The molecule has 1 amide bonds. The molecule has 2 unspecified atom stereocenters. The molecule has 5 heteroatoms. The maximum Gasteiger partial charge on any atom is 0.263 e. The van der Waals surface area contributed by atoms with Crippen LogP contribution in [0.4, 0.5) is 0 Å². The van der Waals surface area contributed by atoms with Crippen molar-refractivity contribution in [1.29, 1.82) is 0 Å². The molecular weight excluding hydrogens is 258 g/mol. The van der Waals surface area contributed by atoms with Crippen molar-refractivity contribution in [2.45, 2.75) is 24.5 Å². The summed E-state index contributed by atoms with van der Waals surface area (Å²) in [6.07, 6.45) is 0.738. The Morgan fingerprint density at radius 2 is 2.00 bits per heavy atom. The first-order valence-corrected chi connectivity index (χ1v) is 6.63. The lowest BCUT2D eigenvalue weighted by atomic mass is 9.85. The highest BCUT2D eigenvalue weighted by Crippen LogP contribution is 2.29. The summed E-state index contributed by atoms with van der Waals surface area (Å²) in [4.78, 5) is 25.2. The zero-order valence-corrected chi connectivity index (χ0v) is 11.7. The molecule has 0 spiro atoms. The molecule has 0 saturated carbocycles. The number of methoxy groups -OCH3 is 2. The Morgan fingerprint density at radius 3 is 2.60 bits per heavy atom. The number of benzene rings is 1. The van der Waals surface area contributed by atoms with E-state index in [2.05, 4.69) is 5.32 Å². The van der Waals surface area contributed by atoms with E-state index in [1.165, 1.54) is 14.2 Å². The highest BCUT2D eigenvalue weighted by Gasteiger charge is 2.54. The van der Waals surface area contributed by atoms with E-state index in [1.54, 1.807) is 24.3 Å². The number of carbonyl (C=O) groups is 2. The van der Waals surface area contributed by atoms with Crippen LogP contribution in [0.5, 0.6) is 0 Å². The molecule has 0 radical (unpaired) electrons. The molecule has 1 fully saturated rings. The summed E-state index contributed by atoms with van der Waals surface area (Å²) in [5.41, 5.74) is -1.18. The van der Waals surface area contributed by atoms with Crippen molar-refractivity contribution in [1.82, 2.24) is 5.32 Å². The molecule has 1 aromatic rings. The number of ketones is 1. The first kappa shape index (κ1) is 14.7. The lowest BCUT2D eigenvalue weighted by Gasteiger charge is -2.34. The van der Waals surface area contributed by atoms with Crippen molar-refractivity contribution in [2.24, 2.45) is 0 Å². The van der Waals surface area contributed by atoms with Gasteiger partial charge in [0, 0.05) is 26.3 Å². The standard InChI is InChI=1S/C15H19NO4/c1-19-12-9-6-10-16-14(18)15(12,20-2)13(17)11-7-4-3-5-8-11/h3-5,7-8,12H,6,9-10H2,1-2H3,(H,16,18). The molecule has 1 aromatic carbocycles. The normalized spacial score (nSPS) is 26.7. The van der Waals surface area contributed by atoms with Crippen molar-refractivity contribution >= 4 is 11.7 Å². The zero-order chi connectivity index (χ0) is 14.6. The number of hydrogen-bond acceptors (Lipinski definition) is 4. The van der Waals surface area contributed by atoms with E-state index >= 15 is 0 Å². The summed E-state index contributed by atoms with van der Waals surface area (Å²) in [6.45, 7) is 0.520. The number of ether oxygens (including phenoxy) is 2. The van der Waals surface area contributed by atoms with E-state index in [4.69, 9.17) is 9.47 Å². The fraction of sp³-hybridized carbons (Fsp3) is 0.467. The van der Waals surface area contributed by atoms with Gasteiger partial charge in [-0.2, -0.15) is 0 Å². The summed E-state index contributed by atoms with van der Waals surface area (Å²) >= 11 is 0. The van der Waals surface area contributed by atoms with E-state index in [-0.39, 0.29) is 5.78 Å². The number of Topliss-reactive ketones (excluding diaryl/α,β-unsaturated/α-hetero) is 1. The quantitative estimate of drug-likeness (QED) is 0.663. The van der Waals surface area contributed by atoms with Gasteiger partial charge in [-0.05, 0) is 12.8 Å². The smallest absolute Gasteiger partial charge is 0.263 e. The minimum absolute atomic E-state index is 0.369. The summed E-state index contributed by atoms with van der Waals surface area (Å²) in [5, 5.41) is 2.74. The average Bonchev–Trinajstić information content (AvgIpc) is 2.66. The SMILES string of the molecule is COC1CCCNC(=O)C1(OC)C(=O)c1ccccc1. The van der Waals surface area contributed by atoms with Crippen LogP contribution in [0, 0.1) is 0 Å². The minimum Gasteiger partial charge on any atom is -0.377 e. The largest absolute Gasteiger partial charge is 0.377 e. The topological polar surface area (TPSA) is 64.6 Å². The molecule has 0 aliphatic carbocycles. The van der Waals surface area contributed by atoms with Gasteiger partial charge >= 0.3 is 0 Å². The van der Waals surface area contributed by atoms with Crippen LogP contribution in [0.15, 0.2) is 30.3 Å². The second kappa shape index (κ2) is 6.15. The van der Waals surface area contributed by atoms with Gasteiger partial charge in [0.05, 0.1) is 0 Å². The zero-order valence-electron chi connectivity index (χ0n) is 11.7. The van der Waals surface area contributed by atoms with Crippen LogP contribution in [0.25, 0.3) is 0 Å². The fourth-order valence-corrected chi connectivity index (χ4v) is 2.62. The minimum atomic E-state index is -1.62. The molecule has 0 bridgehead atoms. The van der Waals surface area contributed by atoms with Crippen LogP contribution < -0.4 is 5.32 Å². The van der Waals surface area contributed by atoms with Crippen LogP contribution in [0.3, 0.4) is 0 Å². The third-order valence-corrected chi connectivity index (χ3v) is 3.70. The van der Waals surface area contributed by atoms with Gasteiger partial charge in [-0.1, -0.05) is 30.3 Å². The monoisotopic (exact) mass is 277 g/mol. The molecule has 1 aliphatic rings. The predicted molar refractivity (Wildman–Crippen MR) is 73.6 cm³/mol. The van der Waals surface area contributed by atoms with Gasteiger partial charge in [-0.25, -0.2) is 0 Å². The third kappa shape index (κ3) is 2.34. The highest BCUT2D eigenvalue weighted by molar-refractivity contribution is 6.17. The van der Waals surface area contributed by atoms with E-state index in [0.29, 0.717) is 18.5 Å². The molecule has 20 heavy (non-hydrogen) atoms. The van der Waals surface area contributed by atoms with E-state index in [1.807, 2.05) is 6.07 Å². The average molecular weight is 277 g/mol. The van der Waals surface area contributed by atoms with Crippen molar-refractivity contribution < 1.29 is 19.1 Å². The van der Waals surface area contributed by atoms with Crippen LogP contribution in [0.1, 0.15) is 23.2 Å². The summed E-state index contributed by atoms with van der Waals surface area (Å²) in [5.74, 6) is -0.801. The second-order valence-corrected chi connectivity index (χ2v) is 4.76.